The van der Waals surface area contributed by atoms with Crippen molar-refractivity contribution in [3.63, 3.8) is 0 Å². The summed E-state index contributed by atoms with van der Waals surface area (Å²) in [6.45, 7) is 5.27. The molecule has 0 unspecified atom stereocenters. The summed E-state index contributed by atoms with van der Waals surface area (Å²) >= 11 is 0. The van der Waals surface area contributed by atoms with Gasteiger partial charge in [-0.05, 0) is 92.5 Å². The minimum absolute atomic E-state index is 0.174. The van der Waals surface area contributed by atoms with E-state index in [4.69, 9.17) is 18.9 Å². The average Bonchev–Trinajstić information content (AvgIpc) is 3.42. The molecule has 3 aromatic rings. The molecule has 1 heterocycles. The van der Waals surface area contributed by atoms with Crippen LogP contribution in [0.4, 0.5) is 0 Å². The van der Waals surface area contributed by atoms with Crippen molar-refractivity contribution in [1.29, 1.82) is 0 Å². The molecule has 0 bridgehead atoms. The van der Waals surface area contributed by atoms with Crippen molar-refractivity contribution in [1.82, 2.24) is 4.98 Å². The lowest BCUT2D eigenvalue weighted by Gasteiger charge is -2.22. The third kappa shape index (κ3) is 7.08. The Morgan fingerprint density at radius 1 is 0.778 bits per heavy atom. The maximum Gasteiger partial charge on any atom is 0.161 e. The molecule has 36 heavy (non-hydrogen) atoms. The van der Waals surface area contributed by atoms with Crippen LogP contribution in [0, 0.1) is 0 Å². The van der Waals surface area contributed by atoms with Crippen LogP contribution < -0.4 is 9.47 Å². The van der Waals surface area contributed by atoms with Crippen LogP contribution in [0.5, 0.6) is 11.5 Å². The van der Waals surface area contributed by atoms with Crippen LogP contribution in [0.1, 0.15) is 67.7 Å². The third-order valence-corrected chi connectivity index (χ3v) is 6.86. The topological polar surface area (TPSA) is 49.8 Å². The highest BCUT2D eigenvalue weighted by Crippen LogP contribution is 2.37. The monoisotopic (exact) mass is 489 g/mol. The second kappa shape index (κ2) is 13.4. The number of aromatic nitrogens is 1. The van der Waals surface area contributed by atoms with Gasteiger partial charge >= 0.3 is 0 Å². The lowest BCUT2D eigenvalue weighted by atomic mass is 9.85. The van der Waals surface area contributed by atoms with Crippen molar-refractivity contribution < 1.29 is 18.9 Å². The third-order valence-electron chi connectivity index (χ3n) is 6.86. The van der Waals surface area contributed by atoms with E-state index >= 15 is 0 Å². The molecular weight excluding hydrogens is 450 g/mol. The molecule has 4 rings (SSSR count). The Bertz CT molecular complexity index is 1040. The van der Waals surface area contributed by atoms with Gasteiger partial charge in [0.25, 0.3) is 0 Å². The Labute approximate surface area is 215 Å². The number of pyridine rings is 1. The number of hydrogen-bond acceptors (Lipinski definition) is 5. The maximum atomic E-state index is 6.42. The van der Waals surface area contributed by atoms with E-state index < -0.39 is 0 Å². The van der Waals surface area contributed by atoms with E-state index in [0.717, 1.165) is 37.2 Å². The van der Waals surface area contributed by atoms with Gasteiger partial charge in [0.05, 0.1) is 13.2 Å². The largest absolute Gasteiger partial charge is 0.493 e. The number of methoxy groups -OCH3 is 1. The Kier molecular flexibility index (Phi) is 9.76. The minimum atomic E-state index is -0.213. The SMILES string of the molecule is CCOC(Cc1ccc([C@@H](Cc2ccncc2)c2ccc(OC)c(OC3CCCC3)c2)cc1)OCC. The number of benzene rings is 2. The van der Waals surface area contributed by atoms with Gasteiger partial charge in [-0.1, -0.05) is 30.3 Å². The van der Waals surface area contributed by atoms with Gasteiger partial charge in [-0.25, -0.2) is 0 Å². The molecule has 0 spiro atoms. The average molecular weight is 490 g/mol. The molecule has 5 nitrogen and oxygen atoms in total. The van der Waals surface area contributed by atoms with Crippen LogP contribution in [0.25, 0.3) is 0 Å². The van der Waals surface area contributed by atoms with Crippen molar-refractivity contribution in [2.24, 2.45) is 0 Å². The van der Waals surface area contributed by atoms with E-state index in [1.807, 2.05) is 32.3 Å². The molecule has 1 atom stereocenters. The normalized spacial score (nSPS) is 14.8. The summed E-state index contributed by atoms with van der Waals surface area (Å²) in [4.78, 5) is 4.20. The first-order valence-corrected chi connectivity index (χ1v) is 13.3. The highest BCUT2D eigenvalue weighted by atomic mass is 16.7. The molecular formula is C31H39NO4. The van der Waals surface area contributed by atoms with E-state index in [2.05, 4.69) is 53.5 Å². The summed E-state index contributed by atoms with van der Waals surface area (Å²) in [5, 5.41) is 0. The van der Waals surface area contributed by atoms with Gasteiger partial charge in [0.15, 0.2) is 17.8 Å². The smallest absolute Gasteiger partial charge is 0.161 e. The summed E-state index contributed by atoms with van der Waals surface area (Å²) in [6, 6.07) is 19.4. The van der Waals surface area contributed by atoms with E-state index in [9.17, 15) is 0 Å². The molecule has 0 aliphatic heterocycles. The summed E-state index contributed by atoms with van der Waals surface area (Å²) in [5.41, 5.74) is 4.93. The molecule has 192 valence electrons. The molecule has 1 fully saturated rings. The number of ether oxygens (including phenoxy) is 4. The summed E-state index contributed by atoms with van der Waals surface area (Å²) in [6.07, 6.45) is 10.1. The predicted molar refractivity (Wildman–Crippen MR) is 143 cm³/mol. The lowest BCUT2D eigenvalue weighted by molar-refractivity contribution is -0.134. The fourth-order valence-corrected chi connectivity index (χ4v) is 4.99. The molecule has 0 amide bonds. The molecule has 0 saturated heterocycles. The maximum absolute atomic E-state index is 6.42. The number of rotatable bonds is 13. The molecule has 0 radical (unpaired) electrons. The molecule has 1 aliphatic carbocycles. The number of hydrogen-bond donors (Lipinski definition) is 0. The Balaban J connectivity index is 1.62. The van der Waals surface area contributed by atoms with E-state index in [1.54, 1.807) is 7.11 Å². The summed E-state index contributed by atoms with van der Waals surface area (Å²) in [5.74, 6) is 1.81. The first-order chi connectivity index (χ1) is 17.7. The van der Waals surface area contributed by atoms with Crippen LogP contribution in [0.15, 0.2) is 67.0 Å². The summed E-state index contributed by atoms with van der Waals surface area (Å²) < 4.78 is 23.6. The standard InChI is InChI=1S/C31H39NO4/c1-4-34-31(35-5-2)21-23-10-12-25(13-11-23)28(20-24-16-18-32-19-17-24)26-14-15-29(33-3)30(22-26)36-27-8-6-7-9-27/h10-19,22,27-28,31H,4-9,20-21H2,1-3H3/t28-/m1/s1. The second-order valence-corrected chi connectivity index (χ2v) is 9.33. The van der Waals surface area contributed by atoms with Crippen LogP contribution in [0.2, 0.25) is 0 Å². The molecule has 2 aromatic carbocycles. The van der Waals surface area contributed by atoms with E-state index in [-0.39, 0.29) is 18.3 Å². The van der Waals surface area contributed by atoms with Crippen molar-refractivity contribution in [3.8, 4) is 11.5 Å². The highest BCUT2D eigenvalue weighted by molar-refractivity contribution is 5.47. The molecule has 1 saturated carbocycles. The van der Waals surface area contributed by atoms with Crippen LogP contribution in [0.3, 0.4) is 0 Å². The first-order valence-electron chi connectivity index (χ1n) is 13.3. The van der Waals surface area contributed by atoms with Gasteiger partial charge in [-0.2, -0.15) is 0 Å². The van der Waals surface area contributed by atoms with E-state index in [1.165, 1.54) is 35.1 Å². The zero-order valence-electron chi connectivity index (χ0n) is 21.8. The molecule has 1 aromatic heterocycles. The van der Waals surface area contributed by atoms with Gasteiger partial charge < -0.3 is 18.9 Å². The van der Waals surface area contributed by atoms with Crippen molar-refractivity contribution in [2.45, 2.75) is 70.7 Å². The summed E-state index contributed by atoms with van der Waals surface area (Å²) in [7, 11) is 1.71. The van der Waals surface area contributed by atoms with Gasteiger partial charge in [0, 0.05) is 37.9 Å². The zero-order valence-corrected chi connectivity index (χ0v) is 21.8. The van der Waals surface area contributed by atoms with E-state index in [0.29, 0.717) is 13.2 Å². The van der Waals surface area contributed by atoms with Crippen LogP contribution >= 0.6 is 0 Å². The Morgan fingerprint density at radius 2 is 1.42 bits per heavy atom. The second-order valence-electron chi connectivity index (χ2n) is 9.33. The molecule has 0 N–H and O–H groups in total. The van der Waals surface area contributed by atoms with Gasteiger partial charge in [0.1, 0.15) is 0 Å². The highest BCUT2D eigenvalue weighted by Gasteiger charge is 2.22. The predicted octanol–water partition coefficient (Wildman–Crippen LogP) is 6.73. The Morgan fingerprint density at radius 3 is 2.06 bits per heavy atom. The molecule has 1 aliphatic rings. The fourth-order valence-electron chi connectivity index (χ4n) is 4.99. The van der Waals surface area contributed by atoms with Crippen LogP contribution in [-0.2, 0) is 22.3 Å². The number of nitrogens with zero attached hydrogens (tertiary/aromatic N) is 1. The quantitative estimate of drug-likeness (QED) is 0.249. The van der Waals surface area contributed by atoms with Crippen molar-refractivity contribution >= 4 is 0 Å². The van der Waals surface area contributed by atoms with Crippen molar-refractivity contribution in [3.05, 3.63) is 89.2 Å². The first kappa shape index (κ1) is 26.2. The van der Waals surface area contributed by atoms with Gasteiger partial charge in [0.2, 0.25) is 0 Å². The van der Waals surface area contributed by atoms with Gasteiger partial charge in [-0.15, -0.1) is 0 Å². The van der Waals surface area contributed by atoms with Gasteiger partial charge in [-0.3, -0.25) is 4.98 Å². The lowest BCUT2D eigenvalue weighted by Crippen LogP contribution is -2.20. The zero-order chi connectivity index (χ0) is 25.2. The Hall–Kier alpha value is -2.89. The fraction of sp³-hybridized carbons (Fsp3) is 0.452. The van der Waals surface area contributed by atoms with Crippen molar-refractivity contribution in [2.75, 3.05) is 20.3 Å². The van der Waals surface area contributed by atoms with Crippen LogP contribution in [-0.4, -0.2) is 37.7 Å². The molecule has 5 heteroatoms. The minimum Gasteiger partial charge on any atom is -0.493 e.